The Morgan fingerprint density at radius 2 is 1.30 bits per heavy atom. The molecule has 0 unspecified atom stereocenters. The summed E-state index contributed by atoms with van der Waals surface area (Å²) in [4.78, 5) is 0. The fraction of sp³-hybridized carbons (Fsp3) is 0.760. The summed E-state index contributed by atoms with van der Waals surface area (Å²) >= 11 is 0. The molecule has 3 rings (SSSR count). The molecule has 2 aliphatic rings. The van der Waals surface area contributed by atoms with E-state index in [0.29, 0.717) is 5.92 Å². The number of hydrogen-bond donors (Lipinski definition) is 0. The first-order chi connectivity index (χ1) is 13.3. The van der Waals surface area contributed by atoms with Crippen LogP contribution >= 0.6 is 0 Å². The lowest BCUT2D eigenvalue weighted by molar-refractivity contribution is -0.206. The summed E-state index contributed by atoms with van der Waals surface area (Å²) in [5.74, 6) is 2.32. The number of ether oxygens (including phenoxy) is 2. The zero-order valence-corrected chi connectivity index (χ0v) is 17.6. The van der Waals surface area contributed by atoms with E-state index in [2.05, 4.69) is 38.1 Å². The number of hydrogen-bond acceptors (Lipinski definition) is 2. The second kappa shape index (κ2) is 11.2. The van der Waals surface area contributed by atoms with Crippen molar-refractivity contribution in [3.63, 3.8) is 0 Å². The molecular weight excluding hydrogens is 332 g/mol. The summed E-state index contributed by atoms with van der Waals surface area (Å²) < 4.78 is 12.0. The maximum absolute atomic E-state index is 6.00. The van der Waals surface area contributed by atoms with Crippen molar-refractivity contribution in [3.05, 3.63) is 35.4 Å². The van der Waals surface area contributed by atoms with Gasteiger partial charge in [-0.1, -0.05) is 76.6 Å². The first kappa shape index (κ1) is 20.9. The molecule has 2 nitrogen and oxygen atoms in total. The Labute approximate surface area is 167 Å². The molecule has 1 saturated carbocycles. The molecule has 1 aliphatic heterocycles. The number of rotatable bonds is 9. The Kier molecular flexibility index (Phi) is 8.67. The molecular formula is C25H40O2. The van der Waals surface area contributed by atoms with Crippen LogP contribution in [0.3, 0.4) is 0 Å². The molecule has 0 aromatic heterocycles. The molecule has 1 aromatic rings. The van der Waals surface area contributed by atoms with E-state index in [1.54, 1.807) is 0 Å². The summed E-state index contributed by atoms with van der Waals surface area (Å²) in [6.45, 7) is 6.23. The van der Waals surface area contributed by atoms with Gasteiger partial charge in [0.1, 0.15) is 0 Å². The van der Waals surface area contributed by atoms with E-state index in [1.807, 2.05) is 0 Å². The van der Waals surface area contributed by atoms with Crippen molar-refractivity contribution in [3.8, 4) is 0 Å². The SMILES string of the molecule is CCCCC[C@H]1CC[C@H](c2ccc([C@H]3OC[C@H](CCCC)CO3)cc2)CC1. The predicted molar refractivity (Wildman–Crippen MR) is 113 cm³/mol. The highest BCUT2D eigenvalue weighted by atomic mass is 16.7. The smallest absolute Gasteiger partial charge is 0.183 e. The third-order valence-corrected chi connectivity index (χ3v) is 6.68. The molecule has 2 heteroatoms. The van der Waals surface area contributed by atoms with Gasteiger partial charge in [-0.2, -0.15) is 0 Å². The summed E-state index contributed by atoms with van der Waals surface area (Å²) in [7, 11) is 0. The van der Waals surface area contributed by atoms with E-state index in [0.717, 1.165) is 25.0 Å². The molecule has 1 saturated heterocycles. The van der Waals surface area contributed by atoms with Gasteiger partial charge in [0.05, 0.1) is 13.2 Å². The van der Waals surface area contributed by atoms with E-state index < -0.39 is 0 Å². The topological polar surface area (TPSA) is 18.5 Å². The van der Waals surface area contributed by atoms with Gasteiger partial charge in [-0.05, 0) is 49.5 Å². The number of benzene rings is 1. The molecule has 0 atom stereocenters. The molecule has 27 heavy (non-hydrogen) atoms. The minimum atomic E-state index is -0.161. The molecule has 0 bridgehead atoms. The van der Waals surface area contributed by atoms with Gasteiger partial charge < -0.3 is 9.47 Å². The highest BCUT2D eigenvalue weighted by Gasteiger charge is 2.25. The molecule has 1 heterocycles. The average Bonchev–Trinajstić information content (AvgIpc) is 2.73. The fourth-order valence-electron chi connectivity index (χ4n) is 4.79. The van der Waals surface area contributed by atoms with Crippen molar-refractivity contribution in [2.24, 2.45) is 11.8 Å². The van der Waals surface area contributed by atoms with Crippen molar-refractivity contribution in [2.75, 3.05) is 13.2 Å². The average molecular weight is 373 g/mol. The van der Waals surface area contributed by atoms with Crippen molar-refractivity contribution in [2.45, 2.75) is 96.7 Å². The summed E-state index contributed by atoms with van der Waals surface area (Å²) in [5, 5.41) is 0. The maximum Gasteiger partial charge on any atom is 0.183 e. The lowest BCUT2D eigenvalue weighted by atomic mass is 9.77. The standard InChI is InChI=1S/C25H40O2/c1-3-5-7-9-20-10-12-22(13-11-20)23-14-16-24(17-15-23)25-26-18-21(19-27-25)8-6-4-2/h14-17,20-22,25H,3-13,18-19H2,1-2H3/t20-,21-,22-,25-. The van der Waals surface area contributed by atoms with Crippen molar-refractivity contribution in [1.82, 2.24) is 0 Å². The van der Waals surface area contributed by atoms with E-state index in [9.17, 15) is 0 Å². The van der Waals surface area contributed by atoms with Crippen LogP contribution in [0.15, 0.2) is 24.3 Å². The second-order valence-electron chi connectivity index (χ2n) is 8.89. The highest BCUT2D eigenvalue weighted by molar-refractivity contribution is 5.26. The van der Waals surface area contributed by atoms with Crippen LogP contribution in [0, 0.1) is 11.8 Å². The third-order valence-electron chi connectivity index (χ3n) is 6.68. The Bertz CT molecular complexity index is 508. The zero-order valence-electron chi connectivity index (χ0n) is 17.6. The molecule has 1 aliphatic carbocycles. The number of unbranched alkanes of at least 4 members (excludes halogenated alkanes) is 3. The van der Waals surface area contributed by atoms with Crippen LogP contribution in [0.2, 0.25) is 0 Å². The van der Waals surface area contributed by atoms with Gasteiger partial charge in [-0.25, -0.2) is 0 Å². The Hall–Kier alpha value is -0.860. The summed E-state index contributed by atoms with van der Waals surface area (Å²) in [6, 6.07) is 9.13. The first-order valence-electron chi connectivity index (χ1n) is 11.6. The maximum atomic E-state index is 6.00. The zero-order chi connectivity index (χ0) is 18.9. The fourth-order valence-corrected chi connectivity index (χ4v) is 4.79. The van der Waals surface area contributed by atoms with E-state index in [-0.39, 0.29) is 6.29 Å². The van der Waals surface area contributed by atoms with Crippen LogP contribution in [0.4, 0.5) is 0 Å². The van der Waals surface area contributed by atoms with Crippen molar-refractivity contribution >= 4 is 0 Å². The lowest BCUT2D eigenvalue weighted by Gasteiger charge is -2.31. The lowest BCUT2D eigenvalue weighted by Crippen LogP contribution is -2.27. The van der Waals surface area contributed by atoms with Crippen LogP contribution in [0.5, 0.6) is 0 Å². The van der Waals surface area contributed by atoms with E-state index >= 15 is 0 Å². The summed E-state index contributed by atoms with van der Waals surface area (Å²) in [6.07, 6.45) is 14.8. The molecule has 0 N–H and O–H groups in total. The van der Waals surface area contributed by atoms with Crippen LogP contribution in [-0.4, -0.2) is 13.2 Å². The van der Waals surface area contributed by atoms with Crippen LogP contribution < -0.4 is 0 Å². The highest BCUT2D eigenvalue weighted by Crippen LogP contribution is 2.38. The third kappa shape index (κ3) is 6.32. The van der Waals surface area contributed by atoms with Gasteiger partial charge in [0.25, 0.3) is 0 Å². The van der Waals surface area contributed by atoms with Crippen molar-refractivity contribution in [1.29, 1.82) is 0 Å². The van der Waals surface area contributed by atoms with Crippen LogP contribution in [0.25, 0.3) is 0 Å². The minimum Gasteiger partial charge on any atom is -0.348 e. The van der Waals surface area contributed by atoms with Gasteiger partial charge in [0.2, 0.25) is 0 Å². The van der Waals surface area contributed by atoms with Gasteiger partial charge in [0, 0.05) is 11.5 Å². The molecule has 152 valence electrons. The monoisotopic (exact) mass is 372 g/mol. The Morgan fingerprint density at radius 3 is 1.93 bits per heavy atom. The van der Waals surface area contributed by atoms with E-state index in [4.69, 9.17) is 9.47 Å². The largest absolute Gasteiger partial charge is 0.348 e. The quantitative estimate of drug-likeness (QED) is 0.421. The van der Waals surface area contributed by atoms with Gasteiger partial charge in [-0.3, -0.25) is 0 Å². The Morgan fingerprint density at radius 1 is 0.704 bits per heavy atom. The molecule has 0 spiro atoms. The second-order valence-corrected chi connectivity index (χ2v) is 8.89. The van der Waals surface area contributed by atoms with E-state index in [1.165, 1.54) is 81.8 Å². The molecule has 0 amide bonds. The molecule has 1 aromatic carbocycles. The minimum absolute atomic E-state index is 0.161. The predicted octanol–water partition coefficient (Wildman–Crippen LogP) is 7.39. The first-order valence-corrected chi connectivity index (χ1v) is 11.6. The normalized spacial score (nSPS) is 29.0. The van der Waals surface area contributed by atoms with Crippen molar-refractivity contribution < 1.29 is 9.47 Å². The van der Waals surface area contributed by atoms with Gasteiger partial charge in [-0.15, -0.1) is 0 Å². The van der Waals surface area contributed by atoms with Crippen LogP contribution in [-0.2, 0) is 9.47 Å². The summed E-state index contributed by atoms with van der Waals surface area (Å²) in [5.41, 5.74) is 2.70. The van der Waals surface area contributed by atoms with Gasteiger partial charge >= 0.3 is 0 Å². The Balaban J connectivity index is 1.43. The molecule has 2 fully saturated rings. The molecule has 0 radical (unpaired) electrons. The van der Waals surface area contributed by atoms with Crippen LogP contribution in [0.1, 0.15) is 108 Å². The van der Waals surface area contributed by atoms with Gasteiger partial charge in [0.15, 0.2) is 6.29 Å².